The van der Waals surface area contributed by atoms with E-state index in [2.05, 4.69) is 5.32 Å². The fourth-order valence-corrected chi connectivity index (χ4v) is 2.81. The van der Waals surface area contributed by atoms with Crippen LogP contribution in [0.5, 0.6) is 11.5 Å². The lowest BCUT2D eigenvalue weighted by atomic mass is 10.1. The summed E-state index contributed by atoms with van der Waals surface area (Å²) >= 11 is 6.23. The molecule has 7 heteroatoms. The molecule has 0 atom stereocenters. The highest BCUT2D eigenvalue weighted by Gasteiger charge is 2.17. The first-order chi connectivity index (χ1) is 12.8. The summed E-state index contributed by atoms with van der Waals surface area (Å²) in [5.74, 6) is -0.0243. The molecular weight excluding hydrogens is 370 g/mol. The number of hydrogen-bond acceptors (Lipinski definition) is 5. The number of benzene rings is 2. The Labute approximate surface area is 163 Å². The zero-order valence-corrected chi connectivity index (χ0v) is 16.6. The Morgan fingerprint density at radius 3 is 2.37 bits per heavy atom. The van der Waals surface area contributed by atoms with Gasteiger partial charge in [0.2, 0.25) is 0 Å². The van der Waals surface area contributed by atoms with Gasteiger partial charge >= 0.3 is 5.97 Å². The Kier molecular flexibility index (Phi) is 6.69. The SMILES string of the molecule is COC(=O)c1ccc(NC(=O)c2cc(Cl)c(OC)c(OC(C)C)c2)cc1C. The summed E-state index contributed by atoms with van der Waals surface area (Å²) in [5.41, 5.74) is 2.00. The Balaban J connectivity index is 2.29. The third-order valence-electron chi connectivity index (χ3n) is 3.73. The van der Waals surface area contributed by atoms with Gasteiger partial charge in [-0.3, -0.25) is 4.79 Å². The lowest BCUT2D eigenvalue weighted by molar-refractivity contribution is 0.0600. The van der Waals surface area contributed by atoms with Gasteiger partial charge in [0.05, 0.1) is 30.9 Å². The van der Waals surface area contributed by atoms with Gasteiger partial charge in [0.1, 0.15) is 0 Å². The van der Waals surface area contributed by atoms with Crippen LogP contribution in [0.25, 0.3) is 0 Å². The standard InChI is InChI=1S/C20H22ClNO5/c1-11(2)27-17-10-13(9-16(21)18(17)25-4)19(23)22-14-6-7-15(12(3)8-14)20(24)26-5/h6-11H,1-5H3,(H,22,23). The number of carbonyl (C=O) groups excluding carboxylic acids is 2. The fraction of sp³-hybridized carbons (Fsp3) is 0.300. The monoisotopic (exact) mass is 391 g/mol. The van der Waals surface area contributed by atoms with E-state index in [4.69, 9.17) is 25.8 Å². The van der Waals surface area contributed by atoms with Crippen LogP contribution in [0.3, 0.4) is 0 Å². The summed E-state index contributed by atoms with van der Waals surface area (Å²) in [6.07, 6.45) is -0.109. The smallest absolute Gasteiger partial charge is 0.338 e. The molecular formula is C20H22ClNO5. The first-order valence-corrected chi connectivity index (χ1v) is 8.69. The number of nitrogens with one attached hydrogen (secondary N) is 1. The van der Waals surface area contributed by atoms with Gasteiger partial charge in [0.15, 0.2) is 11.5 Å². The molecule has 0 aromatic heterocycles. The summed E-state index contributed by atoms with van der Waals surface area (Å²) in [4.78, 5) is 24.3. The normalized spacial score (nSPS) is 10.5. The maximum Gasteiger partial charge on any atom is 0.338 e. The average Bonchev–Trinajstić information content (AvgIpc) is 2.60. The quantitative estimate of drug-likeness (QED) is 0.735. The molecule has 6 nitrogen and oxygen atoms in total. The highest BCUT2D eigenvalue weighted by Crippen LogP contribution is 2.37. The van der Waals surface area contributed by atoms with Crippen LogP contribution in [0.1, 0.15) is 40.1 Å². The van der Waals surface area contributed by atoms with Gasteiger partial charge in [-0.1, -0.05) is 11.6 Å². The number of amides is 1. The molecule has 2 rings (SSSR count). The van der Waals surface area contributed by atoms with Crippen LogP contribution in [-0.4, -0.2) is 32.2 Å². The highest BCUT2D eigenvalue weighted by molar-refractivity contribution is 6.32. The second-order valence-electron chi connectivity index (χ2n) is 6.13. The van der Waals surface area contributed by atoms with Crippen molar-refractivity contribution in [2.24, 2.45) is 0 Å². The Morgan fingerprint density at radius 2 is 1.81 bits per heavy atom. The van der Waals surface area contributed by atoms with Crippen molar-refractivity contribution in [3.05, 3.63) is 52.0 Å². The molecule has 27 heavy (non-hydrogen) atoms. The van der Waals surface area contributed by atoms with Crippen LogP contribution >= 0.6 is 11.6 Å². The molecule has 144 valence electrons. The van der Waals surface area contributed by atoms with E-state index in [1.54, 1.807) is 31.2 Å². The number of rotatable bonds is 6. The molecule has 0 bridgehead atoms. The molecule has 2 aromatic carbocycles. The molecule has 0 aliphatic heterocycles. The summed E-state index contributed by atoms with van der Waals surface area (Å²) in [6, 6.07) is 8.02. The van der Waals surface area contributed by atoms with Gasteiger partial charge in [-0.05, 0) is 56.7 Å². The zero-order chi connectivity index (χ0) is 20.1. The minimum atomic E-state index is -0.428. The molecule has 0 aliphatic rings. The molecule has 1 N–H and O–H groups in total. The topological polar surface area (TPSA) is 73.9 Å². The predicted octanol–water partition coefficient (Wildman–Crippen LogP) is 4.48. The van der Waals surface area contributed by atoms with Crippen molar-refractivity contribution >= 4 is 29.2 Å². The van der Waals surface area contributed by atoms with E-state index in [1.807, 2.05) is 13.8 Å². The van der Waals surface area contributed by atoms with Crippen molar-refractivity contribution in [2.45, 2.75) is 26.9 Å². The van der Waals surface area contributed by atoms with E-state index < -0.39 is 5.97 Å². The summed E-state index contributed by atoms with van der Waals surface area (Å²) in [6.45, 7) is 5.50. The van der Waals surface area contributed by atoms with Gasteiger partial charge in [-0.2, -0.15) is 0 Å². The first kappa shape index (κ1) is 20.6. The van der Waals surface area contributed by atoms with Crippen LogP contribution in [0.4, 0.5) is 5.69 Å². The number of aryl methyl sites for hydroxylation is 1. The number of methoxy groups -OCH3 is 2. The minimum absolute atomic E-state index is 0.109. The fourth-order valence-electron chi connectivity index (χ4n) is 2.52. The third kappa shape index (κ3) is 4.92. The van der Waals surface area contributed by atoms with Gasteiger partial charge < -0.3 is 19.5 Å². The summed E-state index contributed by atoms with van der Waals surface area (Å²) < 4.78 is 15.7. The maximum absolute atomic E-state index is 12.6. The van der Waals surface area contributed by atoms with Crippen molar-refractivity contribution < 1.29 is 23.8 Å². The average molecular weight is 392 g/mol. The second kappa shape index (κ2) is 8.77. The molecule has 1 amide bonds. The largest absolute Gasteiger partial charge is 0.491 e. The van der Waals surface area contributed by atoms with Gasteiger partial charge in [-0.15, -0.1) is 0 Å². The molecule has 2 aromatic rings. The van der Waals surface area contributed by atoms with Crippen LogP contribution in [0.2, 0.25) is 5.02 Å². The van der Waals surface area contributed by atoms with Gasteiger partial charge in [-0.25, -0.2) is 4.79 Å². The summed E-state index contributed by atoms with van der Waals surface area (Å²) in [7, 11) is 2.81. The number of esters is 1. The molecule has 0 fully saturated rings. The van der Waals surface area contributed by atoms with Crippen LogP contribution < -0.4 is 14.8 Å². The molecule has 0 saturated carbocycles. The van der Waals surface area contributed by atoms with Crippen LogP contribution in [0, 0.1) is 6.92 Å². The Morgan fingerprint density at radius 1 is 1.11 bits per heavy atom. The van der Waals surface area contributed by atoms with Crippen LogP contribution in [-0.2, 0) is 4.74 Å². The number of anilines is 1. The minimum Gasteiger partial charge on any atom is -0.491 e. The molecule has 0 saturated heterocycles. The van der Waals surface area contributed by atoms with E-state index in [0.29, 0.717) is 33.9 Å². The Hall–Kier alpha value is -2.73. The number of hydrogen-bond donors (Lipinski definition) is 1. The van der Waals surface area contributed by atoms with Crippen molar-refractivity contribution in [2.75, 3.05) is 19.5 Å². The van der Waals surface area contributed by atoms with Gasteiger partial charge in [0.25, 0.3) is 5.91 Å². The Bertz CT molecular complexity index is 864. The summed E-state index contributed by atoms with van der Waals surface area (Å²) in [5, 5.41) is 3.06. The number of carbonyl (C=O) groups is 2. The number of halogens is 1. The molecule has 0 aliphatic carbocycles. The van der Waals surface area contributed by atoms with Crippen LogP contribution in [0.15, 0.2) is 30.3 Å². The van der Waals surface area contributed by atoms with E-state index >= 15 is 0 Å². The van der Waals surface area contributed by atoms with Crippen molar-refractivity contribution in [1.82, 2.24) is 0 Å². The van der Waals surface area contributed by atoms with E-state index in [1.165, 1.54) is 20.3 Å². The van der Waals surface area contributed by atoms with E-state index in [-0.39, 0.29) is 17.0 Å². The van der Waals surface area contributed by atoms with E-state index in [0.717, 1.165) is 0 Å². The van der Waals surface area contributed by atoms with Gasteiger partial charge in [0, 0.05) is 11.3 Å². The third-order valence-corrected chi connectivity index (χ3v) is 4.01. The molecule has 0 unspecified atom stereocenters. The lowest BCUT2D eigenvalue weighted by Crippen LogP contribution is -2.14. The first-order valence-electron chi connectivity index (χ1n) is 8.31. The molecule has 0 radical (unpaired) electrons. The zero-order valence-electron chi connectivity index (χ0n) is 15.9. The molecule has 0 heterocycles. The number of ether oxygens (including phenoxy) is 3. The lowest BCUT2D eigenvalue weighted by Gasteiger charge is -2.16. The van der Waals surface area contributed by atoms with Crippen molar-refractivity contribution in [3.8, 4) is 11.5 Å². The van der Waals surface area contributed by atoms with Crippen molar-refractivity contribution in [3.63, 3.8) is 0 Å². The van der Waals surface area contributed by atoms with E-state index in [9.17, 15) is 9.59 Å². The highest BCUT2D eigenvalue weighted by atomic mass is 35.5. The second-order valence-corrected chi connectivity index (χ2v) is 6.54. The maximum atomic E-state index is 12.6. The predicted molar refractivity (Wildman–Crippen MR) is 104 cm³/mol. The van der Waals surface area contributed by atoms with Crippen molar-refractivity contribution in [1.29, 1.82) is 0 Å². The molecule has 0 spiro atoms.